The summed E-state index contributed by atoms with van der Waals surface area (Å²) < 4.78 is 45.9. The van der Waals surface area contributed by atoms with E-state index in [9.17, 15) is 18.0 Å². The van der Waals surface area contributed by atoms with Gasteiger partial charge in [-0.2, -0.15) is 0 Å². The number of nitrogens with zero attached hydrogens (tertiary/aromatic N) is 2. The van der Waals surface area contributed by atoms with Crippen LogP contribution in [0.25, 0.3) is 0 Å². The predicted octanol–water partition coefficient (Wildman–Crippen LogP) is 6.47. The lowest BCUT2D eigenvalue weighted by Crippen LogP contribution is -2.53. The molecule has 0 aromatic heterocycles. The maximum Gasteiger partial charge on any atom is 0.264 e. The highest BCUT2D eigenvalue weighted by Crippen LogP contribution is 2.33. The lowest BCUT2D eigenvalue weighted by molar-refractivity contribution is -0.140. The predicted molar refractivity (Wildman–Crippen MR) is 183 cm³/mol. The van der Waals surface area contributed by atoms with Crippen LogP contribution >= 0.6 is 23.2 Å². The van der Waals surface area contributed by atoms with Crippen LogP contribution < -0.4 is 23.8 Å². The van der Waals surface area contributed by atoms with E-state index in [2.05, 4.69) is 5.32 Å². The Morgan fingerprint density at radius 2 is 1.60 bits per heavy atom. The fourth-order valence-corrected chi connectivity index (χ4v) is 7.38. The van der Waals surface area contributed by atoms with Gasteiger partial charge in [-0.05, 0) is 80.3 Å². The number of amides is 2. The number of hydrogen-bond donors (Lipinski definition) is 1. The summed E-state index contributed by atoms with van der Waals surface area (Å²) in [7, 11) is -1.49. The minimum absolute atomic E-state index is 0.000159. The third kappa shape index (κ3) is 8.82. The van der Waals surface area contributed by atoms with Crippen molar-refractivity contribution in [3.05, 3.63) is 76.3 Å². The van der Waals surface area contributed by atoms with E-state index in [0.717, 1.165) is 30.0 Å². The molecule has 254 valence electrons. The molecule has 1 atom stereocenters. The van der Waals surface area contributed by atoms with Gasteiger partial charge in [0.1, 0.15) is 18.3 Å². The Morgan fingerprint density at radius 1 is 0.915 bits per heavy atom. The third-order valence-corrected chi connectivity index (χ3v) is 10.6. The van der Waals surface area contributed by atoms with Gasteiger partial charge in [-0.25, -0.2) is 8.42 Å². The number of hydrogen-bond acceptors (Lipinski definition) is 7. The number of nitrogens with one attached hydrogen (secondary N) is 1. The van der Waals surface area contributed by atoms with Crippen LogP contribution in [-0.2, 0) is 26.2 Å². The van der Waals surface area contributed by atoms with Gasteiger partial charge in [0.15, 0.2) is 11.5 Å². The summed E-state index contributed by atoms with van der Waals surface area (Å²) in [4.78, 5) is 29.4. The summed E-state index contributed by atoms with van der Waals surface area (Å²) in [5, 5.41) is 3.75. The molecule has 3 aromatic carbocycles. The molecule has 4 rings (SSSR count). The first-order valence-corrected chi connectivity index (χ1v) is 17.7. The summed E-state index contributed by atoms with van der Waals surface area (Å²) in [6, 6.07) is 14.8. The first-order valence-electron chi connectivity index (χ1n) is 15.5. The minimum Gasteiger partial charge on any atom is -0.494 e. The zero-order chi connectivity index (χ0) is 34.1. The van der Waals surface area contributed by atoms with Crippen molar-refractivity contribution in [3.8, 4) is 17.2 Å². The van der Waals surface area contributed by atoms with E-state index in [0.29, 0.717) is 40.1 Å². The Balaban J connectivity index is 1.76. The molecule has 0 spiro atoms. The van der Waals surface area contributed by atoms with Gasteiger partial charge in [-0.15, -0.1) is 0 Å². The monoisotopic (exact) mass is 705 g/mol. The largest absolute Gasteiger partial charge is 0.494 e. The number of anilines is 1. The molecule has 1 N–H and O–H groups in total. The number of rotatable bonds is 15. The number of ether oxygens (including phenoxy) is 3. The van der Waals surface area contributed by atoms with Crippen LogP contribution in [0.3, 0.4) is 0 Å². The van der Waals surface area contributed by atoms with E-state index in [4.69, 9.17) is 37.4 Å². The summed E-state index contributed by atoms with van der Waals surface area (Å²) in [6.07, 6.45) is 4.10. The average Bonchev–Trinajstić information content (AvgIpc) is 3.58. The molecule has 0 saturated heterocycles. The smallest absolute Gasteiger partial charge is 0.264 e. The first-order chi connectivity index (χ1) is 22.5. The molecule has 1 aliphatic rings. The van der Waals surface area contributed by atoms with Gasteiger partial charge in [-0.3, -0.25) is 13.9 Å². The molecule has 3 aromatic rings. The van der Waals surface area contributed by atoms with Gasteiger partial charge in [0, 0.05) is 18.7 Å². The highest BCUT2D eigenvalue weighted by Gasteiger charge is 2.35. The van der Waals surface area contributed by atoms with E-state index in [1.165, 1.54) is 37.3 Å². The summed E-state index contributed by atoms with van der Waals surface area (Å²) in [5.41, 5.74) is 0.866. The van der Waals surface area contributed by atoms with Crippen LogP contribution in [0.2, 0.25) is 10.0 Å². The first kappa shape index (κ1) is 36.2. The highest BCUT2D eigenvalue weighted by atomic mass is 35.5. The van der Waals surface area contributed by atoms with Crippen molar-refractivity contribution in [2.75, 3.05) is 31.7 Å². The van der Waals surface area contributed by atoms with Gasteiger partial charge in [0.2, 0.25) is 11.8 Å². The van der Waals surface area contributed by atoms with E-state index in [-0.39, 0.29) is 34.8 Å². The molecule has 0 heterocycles. The number of benzene rings is 3. The Hall–Kier alpha value is -3.67. The van der Waals surface area contributed by atoms with Crippen LogP contribution in [0.4, 0.5) is 5.69 Å². The molecule has 13 heteroatoms. The molecule has 0 aliphatic heterocycles. The van der Waals surface area contributed by atoms with Gasteiger partial charge >= 0.3 is 0 Å². The third-order valence-electron chi connectivity index (χ3n) is 8.08. The molecule has 2 amide bonds. The molecular formula is C34H41Cl2N3O7S. The molecule has 0 bridgehead atoms. The summed E-state index contributed by atoms with van der Waals surface area (Å²) in [5.74, 6) is 0.233. The van der Waals surface area contributed by atoms with E-state index in [1.807, 2.05) is 13.8 Å². The lowest BCUT2D eigenvalue weighted by atomic mass is 10.1. The summed E-state index contributed by atoms with van der Waals surface area (Å²) in [6.45, 7) is 3.49. The van der Waals surface area contributed by atoms with Gasteiger partial charge < -0.3 is 24.4 Å². The standard InChI is InChI=1S/C34H41Cl2N3O7S/c1-5-30(34(41)37-24-9-7-8-10-24)38(21-23-11-17-28(35)29(36)19-23)33(40)22-39(25-12-14-26(15-13-25)46-6-2)47(42,43)27-16-18-31(44-3)32(20-27)45-4/h11-20,24,30H,5-10,21-22H2,1-4H3,(H,37,41). The lowest BCUT2D eigenvalue weighted by Gasteiger charge is -2.34. The second-order valence-electron chi connectivity index (χ2n) is 11.1. The van der Waals surface area contributed by atoms with Crippen LogP contribution in [-0.4, -0.2) is 64.6 Å². The molecular weight excluding hydrogens is 665 g/mol. The van der Waals surface area contributed by atoms with Crippen molar-refractivity contribution < 1.29 is 32.2 Å². The Morgan fingerprint density at radius 3 is 2.19 bits per heavy atom. The normalized spacial score (nSPS) is 13.9. The maximum absolute atomic E-state index is 14.4. The van der Waals surface area contributed by atoms with Gasteiger partial charge in [-0.1, -0.05) is 49.0 Å². The molecule has 1 unspecified atom stereocenters. The fraction of sp³-hybridized carbons (Fsp3) is 0.412. The van der Waals surface area contributed by atoms with Crippen LogP contribution in [0, 0.1) is 0 Å². The Labute approximate surface area is 286 Å². The molecule has 10 nitrogen and oxygen atoms in total. The Bertz CT molecular complexity index is 1650. The minimum atomic E-state index is -4.35. The van der Waals surface area contributed by atoms with Crippen molar-refractivity contribution in [2.45, 2.75) is 69.5 Å². The van der Waals surface area contributed by atoms with E-state index >= 15 is 0 Å². The van der Waals surface area contributed by atoms with Gasteiger partial charge in [0.05, 0.1) is 41.5 Å². The van der Waals surface area contributed by atoms with Crippen molar-refractivity contribution in [1.29, 1.82) is 0 Å². The molecule has 47 heavy (non-hydrogen) atoms. The molecule has 0 radical (unpaired) electrons. The van der Waals surface area contributed by atoms with Crippen LogP contribution in [0.5, 0.6) is 17.2 Å². The SMILES string of the molecule is CCOc1ccc(N(CC(=O)N(Cc2ccc(Cl)c(Cl)c2)C(CC)C(=O)NC2CCCC2)S(=O)(=O)c2ccc(OC)c(OC)c2)cc1. The van der Waals surface area contributed by atoms with E-state index < -0.39 is 28.5 Å². The number of methoxy groups -OCH3 is 2. The number of sulfonamides is 1. The van der Waals surface area contributed by atoms with Crippen LogP contribution in [0.15, 0.2) is 65.6 Å². The number of carbonyl (C=O) groups excluding carboxylic acids is 2. The maximum atomic E-state index is 14.4. The zero-order valence-electron chi connectivity index (χ0n) is 27.0. The number of carbonyl (C=O) groups is 2. The molecule has 1 fully saturated rings. The zero-order valence-corrected chi connectivity index (χ0v) is 29.3. The number of halogens is 2. The topological polar surface area (TPSA) is 114 Å². The van der Waals surface area contributed by atoms with Crippen molar-refractivity contribution in [1.82, 2.24) is 10.2 Å². The second-order valence-corrected chi connectivity index (χ2v) is 13.8. The highest BCUT2D eigenvalue weighted by molar-refractivity contribution is 7.92. The Kier molecular flexibility index (Phi) is 12.6. The van der Waals surface area contributed by atoms with Crippen molar-refractivity contribution >= 4 is 50.7 Å². The summed E-state index contributed by atoms with van der Waals surface area (Å²) >= 11 is 12.5. The second kappa shape index (κ2) is 16.4. The molecule has 1 aliphatic carbocycles. The molecule has 1 saturated carbocycles. The average molecular weight is 707 g/mol. The van der Waals surface area contributed by atoms with Crippen molar-refractivity contribution in [3.63, 3.8) is 0 Å². The van der Waals surface area contributed by atoms with Crippen LogP contribution in [0.1, 0.15) is 51.5 Å². The van der Waals surface area contributed by atoms with E-state index in [1.54, 1.807) is 42.5 Å². The quantitative estimate of drug-likeness (QED) is 0.193. The van der Waals surface area contributed by atoms with Gasteiger partial charge in [0.25, 0.3) is 10.0 Å². The van der Waals surface area contributed by atoms with Crippen molar-refractivity contribution in [2.24, 2.45) is 0 Å². The fourth-order valence-electron chi connectivity index (χ4n) is 5.63.